The molecule has 6 heteroatoms. The van der Waals surface area contributed by atoms with Crippen LogP contribution in [0.4, 0.5) is 16.2 Å². The van der Waals surface area contributed by atoms with E-state index in [1.165, 1.54) is 0 Å². The van der Waals surface area contributed by atoms with E-state index in [0.29, 0.717) is 23.8 Å². The highest BCUT2D eigenvalue weighted by molar-refractivity contribution is 6.31. The van der Waals surface area contributed by atoms with E-state index in [-0.39, 0.29) is 18.4 Å². The smallest absolute Gasteiger partial charge is 0.321 e. The van der Waals surface area contributed by atoms with E-state index >= 15 is 0 Å². The summed E-state index contributed by atoms with van der Waals surface area (Å²) in [7, 11) is 0. The molecule has 5 nitrogen and oxygen atoms in total. The molecule has 0 spiro atoms. The minimum Gasteiger partial charge on any atom is -0.336 e. The maximum absolute atomic E-state index is 12.1. The van der Waals surface area contributed by atoms with Crippen molar-refractivity contribution in [3.8, 4) is 0 Å². The van der Waals surface area contributed by atoms with Crippen LogP contribution in [0.3, 0.4) is 0 Å². The minimum absolute atomic E-state index is 0.0968. The zero-order chi connectivity index (χ0) is 16.2. The summed E-state index contributed by atoms with van der Waals surface area (Å²) >= 11 is 6.06. The lowest BCUT2D eigenvalue weighted by molar-refractivity contribution is -0.115. The molecule has 0 aliphatic carbocycles. The Kier molecular flexibility index (Phi) is 4.48. The molecule has 3 rings (SSSR count). The third-order valence-electron chi connectivity index (χ3n) is 3.63. The van der Waals surface area contributed by atoms with Crippen molar-refractivity contribution in [1.29, 1.82) is 0 Å². The van der Waals surface area contributed by atoms with Crippen LogP contribution in [0.2, 0.25) is 5.02 Å². The fourth-order valence-electron chi connectivity index (χ4n) is 2.46. The van der Waals surface area contributed by atoms with Crippen LogP contribution in [0.25, 0.3) is 0 Å². The third kappa shape index (κ3) is 3.63. The molecule has 1 fully saturated rings. The van der Waals surface area contributed by atoms with Crippen LogP contribution in [-0.2, 0) is 11.2 Å². The minimum atomic E-state index is -0.134. The first-order chi connectivity index (χ1) is 11.1. The Hall–Kier alpha value is -2.53. The summed E-state index contributed by atoms with van der Waals surface area (Å²) in [6, 6.07) is 14.4. The summed E-state index contributed by atoms with van der Waals surface area (Å²) in [4.78, 5) is 25.4. The maximum Gasteiger partial charge on any atom is 0.321 e. The number of nitrogens with one attached hydrogen (secondary N) is 2. The van der Waals surface area contributed by atoms with Gasteiger partial charge in [-0.05, 0) is 35.9 Å². The van der Waals surface area contributed by atoms with Crippen molar-refractivity contribution in [2.45, 2.75) is 6.42 Å². The quantitative estimate of drug-likeness (QED) is 0.905. The number of anilines is 2. The van der Waals surface area contributed by atoms with Gasteiger partial charge in [-0.3, -0.25) is 9.69 Å². The van der Waals surface area contributed by atoms with Gasteiger partial charge < -0.3 is 10.6 Å². The van der Waals surface area contributed by atoms with Gasteiger partial charge in [0.25, 0.3) is 0 Å². The van der Waals surface area contributed by atoms with Crippen LogP contribution in [0.5, 0.6) is 0 Å². The molecule has 2 aromatic carbocycles. The van der Waals surface area contributed by atoms with Crippen molar-refractivity contribution < 1.29 is 9.59 Å². The number of nitrogens with zero attached hydrogens (tertiary/aromatic N) is 1. The SMILES string of the molecule is O=C(Cc1ccccc1Cl)Nc1ccc(N2CCNC2=O)cc1. The Morgan fingerprint density at radius 3 is 2.57 bits per heavy atom. The van der Waals surface area contributed by atoms with Gasteiger partial charge in [-0.25, -0.2) is 4.79 Å². The van der Waals surface area contributed by atoms with E-state index in [1.54, 1.807) is 23.1 Å². The molecular weight excluding hydrogens is 314 g/mol. The van der Waals surface area contributed by atoms with Crippen LogP contribution in [0.1, 0.15) is 5.56 Å². The summed E-state index contributed by atoms with van der Waals surface area (Å²) < 4.78 is 0. The van der Waals surface area contributed by atoms with Gasteiger partial charge in [-0.15, -0.1) is 0 Å². The van der Waals surface area contributed by atoms with Gasteiger partial charge in [0, 0.05) is 29.5 Å². The van der Waals surface area contributed by atoms with Gasteiger partial charge in [0.05, 0.1) is 6.42 Å². The number of amides is 3. The molecule has 1 aliphatic rings. The van der Waals surface area contributed by atoms with Crippen LogP contribution < -0.4 is 15.5 Å². The van der Waals surface area contributed by atoms with Crippen molar-refractivity contribution in [3.05, 3.63) is 59.1 Å². The van der Waals surface area contributed by atoms with Gasteiger partial charge in [0.1, 0.15) is 0 Å². The average molecular weight is 330 g/mol. The van der Waals surface area contributed by atoms with E-state index in [0.717, 1.165) is 11.3 Å². The number of carbonyl (C=O) groups is 2. The van der Waals surface area contributed by atoms with E-state index in [1.807, 2.05) is 30.3 Å². The van der Waals surface area contributed by atoms with Crippen molar-refractivity contribution in [1.82, 2.24) is 5.32 Å². The first kappa shape index (κ1) is 15.4. The summed E-state index contributed by atoms with van der Waals surface area (Å²) in [6.07, 6.45) is 0.218. The van der Waals surface area contributed by atoms with E-state index in [4.69, 9.17) is 11.6 Å². The Bertz CT molecular complexity index is 731. The summed E-state index contributed by atoms with van der Waals surface area (Å²) in [6.45, 7) is 1.30. The molecule has 118 valence electrons. The number of carbonyl (C=O) groups excluding carboxylic acids is 2. The van der Waals surface area contributed by atoms with Gasteiger partial charge in [0.2, 0.25) is 5.91 Å². The zero-order valence-electron chi connectivity index (χ0n) is 12.4. The Morgan fingerprint density at radius 2 is 1.91 bits per heavy atom. The second-order valence-corrected chi connectivity index (χ2v) is 5.65. The largest absolute Gasteiger partial charge is 0.336 e. The van der Waals surface area contributed by atoms with E-state index in [9.17, 15) is 9.59 Å². The molecule has 0 unspecified atom stereocenters. The van der Waals surface area contributed by atoms with E-state index in [2.05, 4.69) is 10.6 Å². The van der Waals surface area contributed by atoms with Crippen molar-refractivity contribution >= 4 is 34.9 Å². The molecule has 0 bridgehead atoms. The lowest BCUT2D eigenvalue weighted by Gasteiger charge is -2.14. The number of urea groups is 1. The predicted octanol–water partition coefficient (Wildman–Crippen LogP) is 3.05. The second kappa shape index (κ2) is 6.71. The van der Waals surface area contributed by atoms with Crippen LogP contribution in [-0.4, -0.2) is 25.0 Å². The second-order valence-electron chi connectivity index (χ2n) is 5.25. The average Bonchev–Trinajstić information content (AvgIpc) is 2.96. The van der Waals surface area contributed by atoms with Crippen molar-refractivity contribution in [2.75, 3.05) is 23.3 Å². The van der Waals surface area contributed by atoms with Crippen LogP contribution in [0, 0.1) is 0 Å². The van der Waals surface area contributed by atoms with Gasteiger partial charge in [0.15, 0.2) is 0 Å². The Morgan fingerprint density at radius 1 is 1.17 bits per heavy atom. The molecule has 2 N–H and O–H groups in total. The molecule has 1 saturated heterocycles. The van der Waals surface area contributed by atoms with Crippen LogP contribution >= 0.6 is 11.6 Å². The molecule has 1 heterocycles. The lowest BCUT2D eigenvalue weighted by Crippen LogP contribution is -2.27. The maximum atomic E-state index is 12.1. The predicted molar refractivity (Wildman–Crippen MR) is 91.0 cm³/mol. The number of hydrogen-bond acceptors (Lipinski definition) is 2. The molecule has 1 aliphatic heterocycles. The highest BCUT2D eigenvalue weighted by Gasteiger charge is 2.20. The molecule has 0 atom stereocenters. The molecule has 2 aromatic rings. The summed E-state index contributed by atoms with van der Waals surface area (Å²) in [5.74, 6) is -0.134. The molecular formula is C17H16ClN3O2. The van der Waals surface area contributed by atoms with Crippen LogP contribution in [0.15, 0.2) is 48.5 Å². The first-order valence-electron chi connectivity index (χ1n) is 7.32. The van der Waals surface area contributed by atoms with Crippen molar-refractivity contribution in [2.24, 2.45) is 0 Å². The molecule has 0 aromatic heterocycles. The normalized spacial score (nSPS) is 13.8. The number of halogens is 1. The topological polar surface area (TPSA) is 61.4 Å². The zero-order valence-corrected chi connectivity index (χ0v) is 13.1. The molecule has 23 heavy (non-hydrogen) atoms. The molecule has 3 amide bonds. The number of rotatable bonds is 4. The lowest BCUT2D eigenvalue weighted by atomic mass is 10.1. The first-order valence-corrected chi connectivity index (χ1v) is 7.70. The fraction of sp³-hybridized carbons (Fsp3) is 0.176. The number of hydrogen-bond donors (Lipinski definition) is 2. The molecule has 0 saturated carbocycles. The highest BCUT2D eigenvalue weighted by atomic mass is 35.5. The standard InChI is InChI=1S/C17H16ClN3O2/c18-15-4-2-1-3-12(15)11-16(22)20-13-5-7-14(8-6-13)21-10-9-19-17(21)23/h1-8H,9-11H2,(H,19,23)(H,20,22). The van der Waals surface area contributed by atoms with Gasteiger partial charge in [-0.1, -0.05) is 29.8 Å². The monoisotopic (exact) mass is 329 g/mol. The van der Waals surface area contributed by atoms with Gasteiger partial charge >= 0.3 is 6.03 Å². The van der Waals surface area contributed by atoms with E-state index < -0.39 is 0 Å². The highest BCUT2D eigenvalue weighted by Crippen LogP contribution is 2.20. The Labute approximate surface area is 139 Å². The van der Waals surface area contributed by atoms with Gasteiger partial charge in [-0.2, -0.15) is 0 Å². The summed E-state index contributed by atoms with van der Waals surface area (Å²) in [5, 5.41) is 6.16. The summed E-state index contributed by atoms with van der Waals surface area (Å²) in [5.41, 5.74) is 2.28. The fourth-order valence-corrected chi connectivity index (χ4v) is 2.67. The number of benzene rings is 2. The molecule has 0 radical (unpaired) electrons. The third-order valence-corrected chi connectivity index (χ3v) is 4.00. The Balaban J connectivity index is 1.63. The van der Waals surface area contributed by atoms with Crippen molar-refractivity contribution in [3.63, 3.8) is 0 Å².